The summed E-state index contributed by atoms with van der Waals surface area (Å²) in [4.78, 5) is 12.9. The molecule has 1 aliphatic heterocycles. The van der Waals surface area contributed by atoms with Crippen LogP contribution in [0.2, 0.25) is 0 Å². The van der Waals surface area contributed by atoms with Gasteiger partial charge in [0.1, 0.15) is 5.75 Å². The summed E-state index contributed by atoms with van der Waals surface area (Å²) < 4.78 is 33.3. The lowest BCUT2D eigenvalue weighted by atomic mass is 10.2. The Kier molecular flexibility index (Phi) is 8.04. The lowest BCUT2D eigenvalue weighted by Gasteiger charge is -2.25. The summed E-state index contributed by atoms with van der Waals surface area (Å²) in [5, 5.41) is 5.62. The van der Waals surface area contributed by atoms with Crippen molar-refractivity contribution in [3.63, 3.8) is 0 Å². The Labute approximate surface area is 196 Å². The molecule has 10 heteroatoms. The number of amides is 1. The highest BCUT2D eigenvalue weighted by atomic mass is 79.9. The highest BCUT2D eigenvalue weighted by molar-refractivity contribution is 9.10. The van der Waals surface area contributed by atoms with Crippen LogP contribution in [-0.2, 0) is 10.0 Å². The smallest absolute Gasteiger partial charge is 0.261 e. The van der Waals surface area contributed by atoms with Gasteiger partial charge in [-0.05, 0) is 74.4 Å². The number of benzene rings is 2. The number of ether oxygens (including phenoxy) is 1. The molecule has 3 rings (SSSR count). The van der Waals surface area contributed by atoms with Crippen molar-refractivity contribution in [2.45, 2.75) is 31.1 Å². The van der Waals surface area contributed by atoms with Crippen LogP contribution in [0.3, 0.4) is 0 Å². The van der Waals surface area contributed by atoms with Gasteiger partial charge < -0.3 is 10.1 Å². The van der Waals surface area contributed by atoms with E-state index < -0.39 is 15.9 Å². The number of piperidine rings is 1. The number of hydrogen-bond acceptors (Lipinski definition) is 5. The molecule has 0 aliphatic carbocycles. The highest BCUT2D eigenvalue weighted by Crippen LogP contribution is 2.24. The maximum Gasteiger partial charge on any atom is 0.261 e. The Morgan fingerprint density at radius 3 is 2.45 bits per heavy atom. The Bertz CT molecular complexity index is 1050. The third-order valence-corrected chi connectivity index (χ3v) is 7.39. The van der Waals surface area contributed by atoms with Gasteiger partial charge in [0.25, 0.3) is 5.91 Å². The molecule has 31 heavy (non-hydrogen) atoms. The predicted octanol–water partition coefficient (Wildman–Crippen LogP) is 4.15. The zero-order chi connectivity index (χ0) is 22.4. The second kappa shape index (κ2) is 10.5. The SMILES string of the molecule is CCOc1ccc(Br)cc1C(=O)NC(=S)Nc1ccc(S(=O)(=O)N2CCCCC2)cc1. The third kappa shape index (κ3) is 6.03. The Morgan fingerprint density at radius 2 is 1.81 bits per heavy atom. The van der Waals surface area contributed by atoms with E-state index in [4.69, 9.17) is 17.0 Å². The molecule has 0 bridgehead atoms. The molecule has 0 spiro atoms. The van der Waals surface area contributed by atoms with E-state index >= 15 is 0 Å². The fourth-order valence-corrected chi connectivity index (χ4v) is 5.35. The molecule has 1 fully saturated rings. The molecule has 2 N–H and O–H groups in total. The summed E-state index contributed by atoms with van der Waals surface area (Å²) in [5.41, 5.74) is 0.922. The molecule has 7 nitrogen and oxygen atoms in total. The van der Waals surface area contributed by atoms with Gasteiger partial charge in [0.05, 0.1) is 17.1 Å². The first kappa shape index (κ1) is 23.6. The minimum Gasteiger partial charge on any atom is -0.493 e. The Balaban J connectivity index is 1.65. The molecule has 0 atom stereocenters. The molecule has 2 aromatic rings. The van der Waals surface area contributed by atoms with Gasteiger partial charge in [0, 0.05) is 23.2 Å². The van der Waals surface area contributed by atoms with Crippen molar-refractivity contribution in [2.75, 3.05) is 25.0 Å². The first-order valence-electron chi connectivity index (χ1n) is 9.96. The fraction of sp³-hybridized carbons (Fsp3) is 0.333. The number of sulfonamides is 1. The number of hydrogen-bond donors (Lipinski definition) is 2. The van der Waals surface area contributed by atoms with Crippen LogP contribution in [0, 0.1) is 0 Å². The highest BCUT2D eigenvalue weighted by Gasteiger charge is 2.25. The maximum absolute atomic E-state index is 12.7. The number of nitrogens with one attached hydrogen (secondary N) is 2. The Morgan fingerprint density at radius 1 is 1.13 bits per heavy atom. The van der Waals surface area contributed by atoms with E-state index in [2.05, 4.69) is 26.6 Å². The third-order valence-electron chi connectivity index (χ3n) is 4.78. The lowest BCUT2D eigenvalue weighted by Crippen LogP contribution is -2.35. The van der Waals surface area contributed by atoms with Crippen LogP contribution in [0.25, 0.3) is 0 Å². The molecule has 0 aromatic heterocycles. The van der Waals surface area contributed by atoms with Crippen molar-refractivity contribution in [1.29, 1.82) is 0 Å². The quantitative estimate of drug-likeness (QED) is 0.550. The average molecular weight is 526 g/mol. The van der Waals surface area contributed by atoms with Crippen molar-refractivity contribution in [1.82, 2.24) is 9.62 Å². The monoisotopic (exact) mass is 525 g/mol. The molecule has 0 radical (unpaired) electrons. The average Bonchev–Trinajstić information content (AvgIpc) is 2.76. The van der Waals surface area contributed by atoms with Crippen LogP contribution in [0.1, 0.15) is 36.5 Å². The van der Waals surface area contributed by atoms with Crippen molar-refractivity contribution in [2.24, 2.45) is 0 Å². The molecule has 1 heterocycles. The minimum absolute atomic E-state index is 0.0964. The fourth-order valence-electron chi connectivity index (χ4n) is 3.26. The first-order chi connectivity index (χ1) is 14.8. The molecular weight excluding hydrogens is 502 g/mol. The van der Waals surface area contributed by atoms with E-state index in [1.54, 1.807) is 30.3 Å². The second-order valence-corrected chi connectivity index (χ2v) is 10.2. The number of rotatable bonds is 6. The summed E-state index contributed by atoms with van der Waals surface area (Å²) in [5.74, 6) is 0.0461. The molecule has 0 unspecified atom stereocenters. The van der Waals surface area contributed by atoms with E-state index in [0.717, 1.165) is 23.7 Å². The van der Waals surface area contributed by atoms with Gasteiger partial charge in [0.15, 0.2) is 5.11 Å². The largest absolute Gasteiger partial charge is 0.493 e. The van der Waals surface area contributed by atoms with Crippen LogP contribution >= 0.6 is 28.1 Å². The van der Waals surface area contributed by atoms with Gasteiger partial charge in [-0.1, -0.05) is 22.4 Å². The zero-order valence-electron chi connectivity index (χ0n) is 17.1. The molecule has 0 saturated carbocycles. The van der Waals surface area contributed by atoms with E-state index in [-0.39, 0.29) is 10.0 Å². The van der Waals surface area contributed by atoms with Gasteiger partial charge in [0.2, 0.25) is 10.0 Å². The summed E-state index contributed by atoms with van der Waals surface area (Å²) >= 11 is 8.59. The van der Waals surface area contributed by atoms with E-state index in [1.807, 2.05) is 6.92 Å². The van der Waals surface area contributed by atoms with E-state index in [1.165, 1.54) is 16.4 Å². The van der Waals surface area contributed by atoms with Crippen molar-refractivity contribution in [3.05, 3.63) is 52.5 Å². The molecule has 166 valence electrons. The van der Waals surface area contributed by atoms with Gasteiger partial charge in [-0.15, -0.1) is 0 Å². The van der Waals surface area contributed by atoms with Crippen molar-refractivity contribution >= 4 is 54.9 Å². The van der Waals surface area contributed by atoms with Crippen LogP contribution in [-0.4, -0.2) is 43.4 Å². The van der Waals surface area contributed by atoms with E-state index in [0.29, 0.717) is 36.7 Å². The van der Waals surface area contributed by atoms with Crippen LogP contribution < -0.4 is 15.4 Å². The number of halogens is 1. The van der Waals surface area contributed by atoms with Gasteiger partial charge in [-0.25, -0.2) is 8.42 Å². The number of carbonyl (C=O) groups excluding carboxylic acids is 1. The van der Waals surface area contributed by atoms with E-state index in [9.17, 15) is 13.2 Å². The normalized spacial score (nSPS) is 14.6. The summed E-state index contributed by atoms with van der Waals surface area (Å²) in [7, 11) is -3.49. The van der Waals surface area contributed by atoms with Crippen LogP contribution in [0.4, 0.5) is 5.69 Å². The lowest BCUT2D eigenvalue weighted by molar-refractivity contribution is 0.0974. The maximum atomic E-state index is 12.7. The molecular formula is C21H24BrN3O4S2. The molecule has 1 saturated heterocycles. The van der Waals surface area contributed by atoms with Gasteiger partial charge in [-0.2, -0.15) is 4.31 Å². The topological polar surface area (TPSA) is 87.7 Å². The zero-order valence-corrected chi connectivity index (χ0v) is 20.3. The second-order valence-electron chi connectivity index (χ2n) is 6.97. The van der Waals surface area contributed by atoms with Crippen LogP contribution in [0.15, 0.2) is 51.8 Å². The molecule has 2 aromatic carbocycles. The number of thiocarbonyl (C=S) groups is 1. The summed E-state index contributed by atoms with van der Waals surface area (Å²) in [6, 6.07) is 11.5. The van der Waals surface area contributed by atoms with Gasteiger partial charge >= 0.3 is 0 Å². The Hall–Kier alpha value is -2.01. The number of carbonyl (C=O) groups is 1. The van der Waals surface area contributed by atoms with Crippen molar-refractivity contribution in [3.8, 4) is 5.75 Å². The van der Waals surface area contributed by atoms with Gasteiger partial charge in [-0.3, -0.25) is 10.1 Å². The number of anilines is 1. The van der Waals surface area contributed by atoms with Crippen LogP contribution in [0.5, 0.6) is 5.75 Å². The summed E-state index contributed by atoms with van der Waals surface area (Å²) in [6.07, 6.45) is 2.83. The molecule has 1 aliphatic rings. The minimum atomic E-state index is -3.49. The first-order valence-corrected chi connectivity index (χ1v) is 12.6. The summed E-state index contributed by atoms with van der Waals surface area (Å²) in [6.45, 7) is 3.37. The standard InChI is InChI=1S/C21H24BrN3O4S2/c1-2-29-19-11-6-15(22)14-18(19)20(26)24-21(30)23-16-7-9-17(10-8-16)31(27,28)25-12-4-3-5-13-25/h6-11,14H,2-5,12-13H2,1H3,(H2,23,24,26,30). The molecule has 1 amide bonds. The van der Waals surface area contributed by atoms with Crippen molar-refractivity contribution < 1.29 is 17.9 Å². The predicted molar refractivity (Wildman–Crippen MR) is 128 cm³/mol. The number of nitrogens with zero attached hydrogens (tertiary/aromatic N) is 1.